The molecule has 0 saturated heterocycles. The molecular weight excluding hydrogens is 456 g/mol. The molecule has 0 radical (unpaired) electrons. The Bertz CT molecular complexity index is 1550. The summed E-state index contributed by atoms with van der Waals surface area (Å²) in [5, 5.41) is 0. The van der Waals surface area contributed by atoms with E-state index in [1.165, 1.54) is 5.56 Å². The molecule has 0 spiro atoms. The number of ketones is 2. The molecule has 180 valence electrons. The lowest BCUT2D eigenvalue weighted by Gasteiger charge is -2.10. The fourth-order valence-electron chi connectivity index (χ4n) is 4.19. The summed E-state index contributed by atoms with van der Waals surface area (Å²) in [5.74, 6) is 1.37. The van der Waals surface area contributed by atoms with Gasteiger partial charge >= 0.3 is 0 Å². The summed E-state index contributed by atoms with van der Waals surface area (Å²) in [7, 11) is 0. The van der Waals surface area contributed by atoms with Gasteiger partial charge in [0.2, 0.25) is 0 Å². The fourth-order valence-corrected chi connectivity index (χ4v) is 4.19. The lowest BCUT2D eigenvalue weighted by atomic mass is 9.93. The molecule has 0 saturated carbocycles. The highest BCUT2D eigenvalue weighted by atomic mass is 16.5. The van der Waals surface area contributed by atoms with E-state index in [4.69, 9.17) is 4.74 Å². The Labute approximate surface area is 217 Å². The van der Waals surface area contributed by atoms with Crippen LogP contribution in [0.1, 0.15) is 43.0 Å². The summed E-state index contributed by atoms with van der Waals surface area (Å²) < 4.78 is 5.87. The monoisotopic (exact) mass is 482 g/mol. The molecule has 3 nitrogen and oxygen atoms in total. The third-order valence-electron chi connectivity index (χ3n) is 6.37. The Kier molecular flexibility index (Phi) is 6.78. The topological polar surface area (TPSA) is 43.4 Å². The quantitative estimate of drug-likeness (QED) is 0.219. The lowest BCUT2D eigenvalue weighted by Crippen LogP contribution is -2.04. The number of hydrogen-bond acceptors (Lipinski definition) is 3. The molecule has 37 heavy (non-hydrogen) atoms. The molecule has 0 amide bonds. The van der Waals surface area contributed by atoms with Crippen molar-refractivity contribution in [2.24, 2.45) is 0 Å². The van der Waals surface area contributed by atoms with Crippen molar-refractivity contribution in [3.05, 3.63) is 155 Å². The minimum Gasteiger partial charge on any atom is -0.457 e. The number of hydrogen-bond donors (Lipinski definition) is 0. The molecule has 0 atom stereocenters. The summed E-state index contributed by atoms with van der Waals surface area (Å²) in [6, 6.07) is 37.7. The molecule has 0 bridgehead atoms. The number of carbonyl (C=O) groups excluding carboxylic acids is 2. The number of carbonyl (C=O) groups is 2. The van der Waals surface area contributed by atoms with Crippen molar-refractivity contribution < 1.29 is 14.3 Å². The van der Waals surface area contributed by atoms with Gasteiger partial charge < -0.3 is 4.74 Å². The average molecular weight is 483 g/mol. The number of aryl methyl sites for hydroxylation is 2. The van der Waals surface area contributed by atoms with Crippen LogP contribution in [0.3, 0.4) is 0 Å². The van der Waals surface area contributed by atoms with Gasteiger partial charge in [-0.05, 0) is 73.0 Å². The van der Waals surface area contributed by atoms with E-state index in [0.717, 1.165) is 22.4 Å². The van der Waals surface area contributed by atoms with Gasteiger partial charge in [0.05, 0.1) is 0 Å². The van der Waals surface area contributed by atoms with Crippen LogP contribution in [0.4, 0.5) is 0 Å². The van der Waals surface area contributed by atoms with Crippen LogP contribution in [0, 0.1) is 13.8 Å². The molecule has 0 aliphatic carbocycles. The zero-order chi connectivity index (χ0) is 25.8. The Balaban J connectivity index is 1.32. The zero-order valence-corrected chi connectivity index (χ0v) is 20.8. The van der Waals surface area contributed by atoms with Crippen molar-refractivity contribution in [1.29, 1.82) is 0 Å². The number of ether oxygens (including phenoxy) is 1. The van der Waals surface area contributed by atoms with Gasteiger partial charge in [-0.25, -0.2) is 0 Å². The Morgan fingerprint density at radius 1 is 0.514 bits per heavy atom. The molecule has 0 aromatic heterocycles. The predicted molar refractivity (Wildman–Crippen MR) is 148 cm³/mol. The van der Waals surface area contributed by atoms with E-state index >= 15 is 0 Å². The molecule has 5 aromatic carbocycles. The third kappa shape index (κ3) is 5.41. The van der Waals surface area contributed by atoms with Crippen LogP contribution in [0.2, 0.25) is 0 Å². The van der Waals surface area contributed by atoms with Gasteiger partial charge in [-0.3, -0.25) is 9.59 Å². The molecule has 0 N–H and O–H groups in total. The molecule has 3 heteroatoms. The summed E-state index contributed by atoms with van der Waals surface area (Å²) in [4.78, 5) is 26.1. The minimum atomic E-state index is -0.0581. The summed E-state index contributed by atoms with van der Waals surface area (Å²) in [5.41, 5.74) is 6.51. The van der Waals surface area contributed by atoms with Gasteiger partial charge in [-0.15, -0.1) is 0 Å². The largest absolute Gasteiger partial charge is 0.457 e. The van der Waals surface area contributed by atoms with Gasteiger partial charge in [-0.1, -0.05) is 84.4 Å². The Morgan fingerprint density at radius 2 is 1.03 bits per heavy atom. The van der Waals surface area contributed by atoms with Crippen LogP contribution < -0.4 is 4.74 Å². The summed E-state index contributed by atoms with van der Waals surface area (Å²) in [6.45, 7) is 3.97. The standard InChI is InChI=1S/C34H26O3/c1-23-8-18-30(19-9-23)37-31-20-16-28(17-21-31)33(35)27-14-12-25(13-15-27)29-11-10-24(2)32(22-29)34(36)26-6-4-3-5-7-26/h3-22H,1-2H3. The first-order valence-corrected chi connectivity index (χ1v) is 12.2. The van der Waals surface area contributed by atoms with Crippen molar-refractivity contribution in [3.8, 4) is 22.6 Å². The van der Waals surface area contributed by atoms with E-state index in [9.17, 15) is 9.59 Å². The smallest absolute Gasteiger partial charge is 0.193 e. The van der Waals surface area contributed by atoms with Crippen molar-refractivity contribution >= 4 is 11.6 Å². The van der Waals surface area contributed by atoms with E-state index in [0.29, 0.717) is 28.0 Å². The minimum absolute atomic E-state index is 0.00144. The highest BCUT2D eigenvalue weighted by Gasteiger charge is 2.14. The van der Waals surface area contributed by atoms with Gasteiger partial charge in [0, 0.05) is 22.3 Å². The number of benzene rings is 5. The SMILES string of the molecule is Cc1ccc(Oc2ccc(C(=O)c3ccc(-c4ccc(C)c(C(=O)c5ccccc5)c4)cc3)cc2)cc1. The molecule has 5 aromatic rings. The zero-order valence-electron chi connectivity index (χ0n) is 20.8. The average Bonchev–Trinajstić information content (AvgIpc) is 2.95. The molecule has 0 heterocycles. The van der Waals surface area contributed by atoms with Gasteiger partial charge in [0.25, 0.3) is 0 Å². The van der Waals surface area contributed by atoms with Crippen molar-refractivity contribution in [1.82, 2.24) is 0 Å². The first kappa shape index (κ1) is 24.0. The van der Waals surface area contributed by atoms with Gasteiger partial charge in [0.1, 0.15) is 11.5 Å². The van der Waals surface area contributed by atoms with Crippen molar-refractivity contribution in [2.45, 2.75) is 13.8 Å². The molecule has 0 aliphatic rings. The van der Waals surface area contributed by atoms with Gasteiger partial charge in [-0.2, -0.15) is 0 Å². The predicted octanol–water partition coefficient (Wildman–Crippen LogP) is 8.22. The van der Waals surface area contributed by atoms with E-state index in [-0.39, 0.29) is 11.6 Å². The third-order valence-corrected chi connectivity index (χ3v) is 6.37. The maximum Gasteiger partial charge on any atom is 0.193 e. The molecular formula is C34H26O3. The van der Waals surface area contributed by atoms with E-state index in [2.05, 4.69) is 0 Å². The normalized spacial score (nSPS) is 10.6. The summed E-state index contributed by atoms with van der Waals surface area (Å²) >= 11 is 0. The van der Waals surface area contributed by atoms with E-state index in [1.54, 1.807) is 24.3 Å². The maximum absolute atomic E-state index is 13.1. The van der Waals surface area contributed by atoms with Crippen LogP contribution >= 0.6 is 0 Å². The van der Waals surface area contributed by atoms with Crippen molar-refractivity contribution in [3.63, 3.8) is 0 Å². The Hall–Kier alpha value is -4.76. The second-order valence-electron chi connectivity index (χ2n) is 9.07. The van der Waals surface area contributed by atoms with E-state index < -0.39 is 0 Å². The van der Waals surface area contributed by atoms with Crippen LogP contribution in [-0.4, -0.2) is 11.6 Å². The van der Waals surface area contributed by atoms with Crippen LogP contribution in [0.15, 0.2) is 121 Å². The second-order valence-corrected chi connectivity index (χ2v) is 9.07. The maximum atomic E-state index is 13.1. The van der Waals surface area contributed by atoms with Crippen LogP contribution in [0.5, 0.6) is 11.5 Å². The van der Waals surface area contributed by atoms with Crippen LogP contribution in [0.25, 0.3) is 11.1 Å². The molecule has 0 aliphatic heterocycles. The highest BCUT2D eigenvalue weighted by molar-refractivity contribution is 6.11. The number of rotatable bonds is 7. The first-order chi connectivity index (χ1) is 18.0. The molecule has 5 rings (SSSR count). The lowest BCUT2D eigenvalue weighted by molar-refractivity contribution is 0.103. The van der Waals surface area contributed by atoms with E-state index in [1.807, 2.05) is 111 Å². The van der Waals surface area contributed by atoms with Crippen molar-refractivity contribution in [2.75, 3.05) is 0 Å². The second kappa shape index (κ2) is 10.5. The highest BCUT2D eigenvalue weighted by Crippen LogP contribution is 2.26. The molecule has 0 fully saturated rings. The molecule has 0 unspecified atom stereocenters. The fraction of sp³-hybridized carbons (Fsp3) is 0.0588. The summed E-state index contributed by atoms with van der Waals surface area (Å²) in [6.07, 6.45) is 0. The van der Waals surface area contributed by atoms with Crippen LogP contribution in [-0.2, 0) is 0 Å². The van der Waals surface area contributed by atoms with Gasteiger partial charge in [0.15, 0.2) is 11.6 Å². The first-order valence-electron chi connectivity index (χ1n) is 12.2. The Morgan fingerprint density at radius 3 is 1.65 bits per heavy atom.